The standard InChI is InChI=1S/C23H33NO3/c1-22(2,3)18-12-16-13(11-19(18)25)5-6-15-14(16)9-10-23(4)17(15)7-8-20(23)27-21(24)26/h11-12,14-15,17,20,25H,5-10H2,1-4H3,(H2,24,26)/t14-,15+,17-,20-,23-/m0/s1. The highest BCUT2D eigenvalue weighted by molar-refractivity contribution is 5.65. The number of rotatable bonds is 1. The number of aryl methyl sites for hydroxylation is 1. The molecular weight excluding hydrogens is 338 g/mol. The first kappa shape index (κ1) is 18.6. The van der Waals surface area contributed by atoms with E-state index in [9.17, 15) is 9.90 Å². The molecule has 0 saturated heterocycles. The van der Waals surface area contributed by atoms with E-state index in [0.29, 0.717) is 23.5 Å². The number of hydrogen-bond donors (Lipinski definition) is 2. The Kier molecular flexibility index (Phi) is 4.25. The maximum absolute atomic E-state index is 11.4. The Hall–Kier alpha value is -1.71. The molecule has 4 heteroatoms. The number of phenolic OH excluding ortho intramolecular Hbond substituents is 1. The number of primary amides is 1. The van der Waals surface area contributed by atoms with Gasteiger partial charge < -0.3 is 15.6 Å². The Morgan fingerprint density at radius 2 is 1.96 bits per heavy atom. The van der Waals surface area contributed by atoms with Crippen molar-refractivity contribution < 1.29 is 14.6 Å². The molecule has 4 rings (SSSR count). The molecule has 0 heterocycles. The van der Waals surface area contributed by atoms with Gasteiger partial charge in [0.15, 0.2) is 0 Å². The van der Waals surface area contributed by atoms with Gasteiger partial charge >= 0.3 is 6.09 Å². The summed E-state index contributed by atoms with van der Waals surface area (Å²) in [7, 11) is 0. The van der Waals surface area contributed by atoms with E-state index in [1.54, 1.807) is 0 Å². The van der Waals surface area contributed by atoms with E-state index in [1.165, 1.54) is 11.1 Å². The van der Waals surface area contributed by atoms with Gasteiger partial charge in [-0.1, -0.05) is 33.8 Å². The van der Waals surface area contributed by atoms with Crippen molar-refractivity contribution in [3.63, 3.8) is 0 Å². The summed E-state index contributed by atoms with van der Waals surface area (Å²) in [4.78, 5) is 11.4. The zero-order valence-electron chi connectivity index (χ0n) is 17.0. The molecule has 3 aliphatic carbocycles. The number of carbonyl (C=O) groups excluding carboxylic acids is 1. The summed E-state index contributed by atoms with van der Waals surface area (Å²) >= 11 is 0. The van der Waals surface area contributed by atoms with E-state index >= 15 is 0 Å². The molecule has 2 saturated carbocycles. The lowest BCUT2D eigenvalue weighted by Crippen LogP contribution is -2.45. The topological polar surface area (TPSA) is 72.6 Å². The maximum Gasteiger partial charge on any atom is 0.404 e. The third-order valence-electron chi connectivity index (χ3n) is 7.82. The van der Waals surface area contributed by atoms with Crippen LogP contribution in [0.5, 0.6) is 5.75 Å². The smallest absolute Gasteiger partial charge is 0.404 e. The van der Waals surface area contributed by atoms with Crippen LogP contribution >= 0.6 is 0 Å². The molecule has 0 aromatic heterocycles. The van der Waals surface area contributed by atoms with Crippen molar-refractivity contribution in [2.75, 3.05) is 0 Å². The Balaban J connectivity index is 1.68. The number of ether oxygens (including phenoxy) is 1. The number of amides is 1. The molecule has 2 fully saturated rings. The van der Waals surface area contributed by atoms with Crippen LogP contribution in [0.1, 0.15) is 82.4 Å². The van der Waals surface area contributed by atoms with Crippen molar-refractivity contribution in [3.05, 3.63) is 28.8 Å². The van der Waals surface area contributed by atoms with E-state index in [4.69, 9.17) is 10.5 Å². The highest BCUT2D eigenvalue weighted by Crippen LogP contribution is 2.61. The zero-order valence-corrected chi connectivity index (χ0v) is 17.0. The van der Waals surface area contributed by atoms with Gasteiger partial charge in [0.1, 0.15) is 11.9 Å². The van der Waals surface area contributed by atoms with Gasteiger partial charge in [-0.3, -0.25) is 0 Å². The first-order valence-corrected chi connectivity index (χ1v) is 10.4. The molecule has 1 aromatic rings. The lowest BCUT2D eigenvalue weighted by Gasteiger charge is -2.50. The van der Waals surface area contributed by atoms with E-state index in [1.807, 2.05) is 6.07 Å². The molecule has 5 atom stereocenters. The average Bonchev–Trinajstić information content (AvgIpc) is 2.89. The van der Waals surface area contributed by atoms with E-state index in [-0.39, 0.29) is 16.9 Å². The van der Waals surface area contributed by atoms with E-state index in [2.05, 4.69) is 33.8 Å². The molecular formula is C23H33NO3. The molecule has 0 unspecified atom stereocenters. The molecule has 4 nitrogen and oxygen atoms in total. The van der Waals surface area contributed by atoms with Gasteiger partial charge in [-0.25, -0.2) is 4.79 Å². The molecule has 3 N–H and O–H groups in total. The fraction of sp³-hybridized carbons (Fsp3) is 0.696. The number of hydrogen-bond acceptors (Lipinski definition) is 3. The molecule has 3 aliphatic rings. The van der Waals surface area contributed by atoms with Crippen LogP contribution in [-0.2, 0) is 16.6 Å². The summed E-state index contributed by atoms with van der Waals surface area (Å²) in [6, 6.07) is 4.31. The Morgan fingerprint density at radius 3 is 2.63 bits per heavy atom. The van der Waals surface area contributed by atoms with Crippen LogP contribution in [0.3, 0.4) is 0 Å². The first-order chi connectivity index (χ1) is 12.6. The van der Waals surface area contributed by atoms with Crippen LogP contribution in [0.2, 0.25) is 0 Å². The van der Waals surface area contributed by atoms with Crippen molar-refractivity contribution in [1.82, 2.24) is 0 Å². The van der Waals surface area contributed by atoms with Gasteiger partial charge in [0.25, 0.3) is 0 Å². The second kappa shape index (κ2) is 6.15. The number of phenols is 1. The average molecular weight is 372 g/mol. The molecule has 148 valence electrons. The van der Waals surface area contributed by atoms with Gasteiger partial charge in [0.05, 0.1) is 0 Å². The fourth-order valence-corrected chi connectivity index (χ4v) is 6.49. The summed E-state index contributed by atoms with van der Waals surface area (Å²) < 4.78 is 5.52. The minimum Gasteiger partial charge on any atom is -0.508 e. The van der Waals surface area contributed by atoms with Crippen molar-refractivity contribution in [2.24, 2.45) is 23.0 Å². The van der Waals surface area contributed by atoms with Crippen LogP contribution in [0.15, 0.2) is 12.1 Å². The van der Waals surface area contributed by atoms with Gasteiger partial charge in [-0.2, -0.15) is 0 Å². The highest BCUT2D eigenvalue weighted by Gasteiger charge is 2.56. The highest BCUT2D eigenvalue weighted by atomic mass is 16.6. The normalized spacial score (nSPS) is 35.1. The van der Waals surface area contributed by atoms with E-state index in [0.717, 1.165) is 44.1 Å². The van der Waals surface area contributed by atoms with Crippen molar-refractivity contribution in [1.29, 1.82) is 0 Å². The van der Waals surface area contributed by atoms with Gasteiger partial charge in [-0.15, -0.1) is 0 Å². The van der Waals surface area contributed by atoms with E-state index < -0.39 is 6.09 Å². The fourth-order valence-electron chi connectivity index (χ4n) is 6.49. The van der Waals surface area contributed by atoms with Gasteiger partial charge in [0, 0.05) is 5.41 Å². The zero-order chi connectivity index (χ0) is 19.6. The van der Waals surface area contributed by atoms with Crippen LogP contribution in [0, 0.1) is 17.3 Å². The number of benzene rings is 1. The number of nitrogens with two attached hydrogens (primary N) is 1. The predicted molar refractivity (Wildman–Crippen MR) is 106 cm³/mol. The van der Waals surface area contributed by atoms with Crippen LogP contribution in [0.4, 0.5) is 4.79 Å². The van der Waals surface area contributed by atoms with Crippen LogP contribution in [0.25, 0.3) is 0 Å². The molecule has 1 amide bonds. The summed E-state index contributed by atoms with van der Waals surface area (Å²) in [6.45, 7) is 8.79. The summed E-state index contributed by atoms with van der Waals surface area (Å²) in [6.07, 6.45) is 5.77. The monoisotopic (exact) mass is 371 g/mol. The molecule has 0 bridgehead atoms. The number of carbonyl (C=O) groups is 1. The molecule has 0 radical (unpaired) electrons. The molecule has 1 aromatic carbocycles. The van der Waals surface area contributed by atoms with Crippen molar-refractivity contribution in [3.8, 4) is 5.75 Å². The lowest BCUT2D eigenvalue weighted by molar-refractivity contribution is -0.0291. The second-order valence-electron chi connectivity index (χ2n) is 10.3. The van der Waals surface area contributed by atoms with Crippen LogP contribution in [-0.4, -0.2) is 17.3 Å². The Bertz CT molecular complexity index is 766. The third-order valence-corrected chi connectivity index (χ3v) is 7.82. The summed E-state index contributed by atoms with van der Waals surface area (Å²) in [5.74, 6) is 2.22. The maximum atomic E-state index is 11.4. The third kappa shape index (κ3) is 2.92. The van der Waals surface area contributed by atoms with Gasteiger partial charge in [-0.05, 0) is 84.5 Å². The minimum atomic E-state index is -0.636. The largest absolute Gasteiger partial charge is 0.508 e. The van der Waals surface area contributed by atoms with Crippen LogP contribution < -0.4 is 5.73 Å². The van der Waals surface area contributed by atoms with Crippen molar-refractivity contribution in [2.45, 2.75) is 83.7 Å². The molecule has 27 heavy (non-hydrogen) atoms. The van der Waals surface area contributed by atoms with Crippen molar-refractivity contribution >= 4 is 6.09 Å². The predicted octanol–water partition coefficient (Wildman–Crippen LogP) is 5.01. The Morgan fingerprint density at radius 1 is 1.22 bits per heavy atom. The summed E-state index contributed by atoms with van der Waals surface area (Å²) in [5.41, 5.74) is 9.15. The first-order valence-electron chi connectivity index (χ1n) is 10.4. The number of aromatic hydroxyl groups is 1. The lowest BCUT2D eigenvalue weighted by atomic mass is 9.55. The number of fused-ring (bicyclic) bond motifs is 5. The SMILES string of the molecule is CC(C)(C)c1cc2c(cc1O)CC[C@@H]1[C@@H]2CC[C@]2(C)[C@@H](OC(N)=O)CC[C@@H]12. The second-order valence-corrected chi connectivity index (χ2v) is 10.3. The quantitative estimate of drug-likeness (QED) is 0.729. The van der Waals surface area contributed by atoms with Gasteiger partial charge in [0.2, 0.25) is 0 Å². The molecule has 0 aliphatic heterocycles. The Labute approximate surface area is 162 Å². The molecule has 0 spiro atoms. The summed E-state index contributed by atoms with van der Waals surface area (Å²) in [5, 5.41) is 10.5. The minimum absolute atomic E-state index is 0.0349.